The Labute approximate surface area is 198 Å². The third-order valence-electron chi connectivity index (χ3n) is 5.51. The van der Waals surface area contributed by atoms with E-state index in [-0.39, 0.29) is 18.2 Å². The van der Waals surface area contributed by atoms with Gasteiger partial charge in [0.15, 0.2) is 6.61 Å². The van der Waals surface area contributed by atoms with Crippen molar-refractivity contribution in [3.05, 3.63) is 58.7 Å². The molecule has 0 spiro atoms. The Bertz CT molecular complexity index is 935. The molecule has 186 valence electrons. The lowest BCUT2D eigenvalue weighted by Gasteiger charge is -2.26. The number of ether oxygens (including phenoxy) is 2. The molecule has 0 aliphatic carbocycles. The number of rotatable bonds is 9. The first-order valence-corrected chi connectivity index (χ1v) is 11.3. The van der Waals surface area contributed by atoms with E-state index in [0.29, 0.717) is 17.7 Å². The summed E-state index contributed by atoms with van der Waals surface area (Å²) in [6.45, 7) is 7.01. The van der Waals surface area contributed by atoms with Crippen LogP contribution in [0.4, 0.5) is 18.9 Å². The molecule has 0 unspecified atom stereocenters. The average molecular weight is 480 g/mol. The number of anilines is 1. The number of morpholine rings is 1. The minimum absolute atomic E-state index is 0.137. The molecule has 34 heavy (non-hydrogen) atoms. The van der Waals surface area contributed by atoms with Crippen LogP contribution >= 0.6 is 0 Å². The van der Waals surface area contributed by atoms with Gasteiger partial charge in [0.05, 0.1) is 19.8 Å². The number of nitrogens with one attached hydrogen (secondary N) is 1. The largest absolute Gasteiger partial charge is 0.484 e. The summed E-state index contributed by atoms with van der Waals surface area (Å²) < 4.78 is 47.8. The number of aryl methyl sites for hydroxylation is 2. The van der Waals surface area contributed by atoms with Gasteiger partial charge in [0.25, 0.3) is 0 Å². The highest BCUT2D eigenvalue weighted by molar-refractivity contribution is 5.92. The first-order chi connectivity index (χ1) is 16.1. The summed E-state index contributed by atoms with van der Waals surface area (Å²) in [5.74, 6) is 0.112. The van der Waals surface area contributed by atoms with Crippen molar-refractivity contribution >= 4 is 11.6 Å². The van der Waals surface area contributed by atoms with E-state index in [4.69, 9.17) is 9.47 Å². The van der Waals surface area contributed by atoms with Crippen LogP contribution in [-0.4, -0.2) is 68.4 Å². The average Bonchev–Trinajstić information content (AvgIpc) is 2.74. The molecule has 1 N–H and O–H groups in total. The number of amides is 1. The van der Waals surface area contributed by atoms with Crippen LogP contribution in [0.3, 0.4) is 0 Å². The Hall–Kier alpha value is -2.62. The molecule has 1 fully saturated rings. The molecule has 0 radical (unpaired) electrons. The second-order valence-corrected chi connectivity index (χ2v) is 8.77. The summed E-state index contributed by atoms with van der Waals surface area (Å²) >= 11 is 0. The predicted molar refractivity (Wildman–Crippen MR) is 125 cm³/mol. The first kappa shape index (κ1) is 26.0. The smallest absolute Gasteiger partial charge is 0.422 e. The molecule has 1 saturated heterocycles. The number of nitrogens with zero attached hydrogens (tertiary/aromatic N) is 2. The van der Waals surface area contributed by atoms with E-state index < -0.39 is 12.8 Å². The molecule has 6 nitrogen and oxygen atoms in total. The van der Waals surface area contributed by atoms with Crippen molar-refractivity contribution in [1.82, 2.24) is 9.80 Å². The van der Waals surface area contributed by atoms with Crippen LogP contribution < -0.4 is 10.1 Å². The van der Waals surface area contributed by atoms with E-state index in [1.807, 2.05) is 36.2 Å². The van der Waals surface area contributed by atoms with E-state index in [2.05, 4.69) is 10.2 Å². The van der Waals surface area contributed by atoms with Crippen molar-refractivity contribution in [3.8, 4) is 5.75 Å². The van der Waals surface area contributed by atoms with Gasteiger partial charge < -0.3 is 14.8 Å². The molecule has 1 amide bonds. The minimum atomic E-state index is -4.38. The van der Waals surface area contributed by atoms with Gasteiger partial charge in [-0.15, -0.1) is 0 Å². The summed E-state index contributed by atoms with van der Waals surface area (Å²) in [7, 11) is 1.82. The normalized spacial score (nSPS) is 14.9. The van der Waals surface area contributed by atoms with Crippen LogP contribution in [0.15, 0.2) is 36.4 Å². The summed E-state index contributed by atoms with van der Waals surface area (Å²) in [5.41, 5.74) is 4.09. The Morgan fingerprint density at radius 2 is 1.71 bits per heavy atom. The van der Waals surface area contributed by atoms with E-state index >= 15 is 0 Å². The van der Waals surface area contributed by atoms with Gasteiger partial charge in [0.2, 0.25) is 5.91 Å². The van der Waals surface area contributed by atoms with E-state index in [1.54, 1.807) is 26.0 Å². The summed E-state index contributed by atoms with van der Waals surface area (Å²) in [6, 6.07) is 11.4. The van der Waals surface area contributed by atoms with Crippen LogP contribution in [0.1, 0.15) is 22.3 Å². The Kier molecular flexibility index (Phi) is 8.93. The van der Waals surface area contributed by atoms with Crippen molar-refractivity contribution in [2.75, 3.05) is 51.8 Å². The van der Waals surface area contributed by atoms with Crippen LogP contribution in [0.25, 0.3) is 0 Å². The monoisotopic (exact) mass is 479 g/mol. The number of alkyl halides is 3. The third kappa shape index (κ3) is 8.30. The van der Waals surface area contributed by atoms with Gasteiger partial charge in [-0.2, -0.15) is 13.2 Å². The highest BCUT2D eigenvalue weighted by atomic mass is 19.4. The first-order valence-electron chi connectivity index (χ1n) is 11.3. The number of hydrogen-bond donors (Lipinski definition) is 1. The maximum Gasteiger partial charge on any atom is 0.422 e. The Morgan fingerprint density at radius 1 is 1.09 bits per heavy atom. The molecule has 1 heterocycles. The van der Waals surface area contributed by atoms with E-state index in [1.165, 1.54) is 5.56 Å². The fourth-order valence-electron chi connectivity index (χ4n) is 4.04. The lowest BCUT2D eigenvalue weighted by molar-refractivity contribution is -0.153. The fraction of sp³-hybridized carbons (Fsp3) is 0.480. The lowest BCUT2D eigenvalue weighted by atomic mass is 10.1. The van der Waals surface area contributed by atoms with Crippen molar-refractivity contribution < 1.29 is 27.4 Å². The molecule has 9 heteroatoms. The molecule has 1 aliphatic heterocycles. The van der Waals surface area contributed by atoms with Gasteiger partial charge >= 0.3 is 6.18 Å². The summed E-state index contributed by atoms with van der Waals surface area (Å²) in [4.78, 5) is 16.7. The Morgan fingerprint density at radius 3 is 2.29 bits per heavy atom. The Balaban J connectivity index is 1.48. The van der Waals surface area contributed by atoms with E-state index in [9.17, 15) is 18.0 Å². The van der Waals surface area contributed by atoms with Crippen molar-refractivity contribution in [3.63, 3.8) is 0 Å². The molecule has 0 bridgehead atoms. The zero-order valence-corrected chi connectivity index (χ0v) is 19.9. The van der Waals surface area contributed by atoms with Gasteiger partial charge in [-0.05, 0) is 55.3 Å². The minimum Gasteiger partial charge on any atom is -0.484 e. The zero-order valence-electron chi connectivity index (χ0n) is 19.9. The van der Waals surface area contributed by atoms with Gasteiger partial charge in [-0.1, -0.05) is 24.3 Å². The predicted octanol–water partition coefficient (Wildman–Crippen LogP) is 4.15. The highest BCUT2D eigenvalue weighted by Crippen LogP contribution is 2.27. The van der Waals surface area contributed by atoms with Crippen LogP contribution in [0.5, 0.6) is 5.75 Å². The number of halogens is 3. The molecule has 2 aromatic rings. The topological polar surface area (TPSA) is 54.0 Å². The maximum atomic E-state index is 12.5. The van der Waals surface area contributed by atoms with Crippen LogP contribution in [0.2, 0.25) is 0 Å². The number of benzene rings is 2. The van der Waals surface area contributed by atoms with Crippen molar-refractivity contribution in [2.45, 2.75) is 33.1 Å². The van der Waals surface area contributed by atoms with Gasteiger partial charge in [-0.3, -0.25) is 14.6 Å². The molecule has 2 aromatic carbocycles. The second-order valence-electron chi connectivity index (χ2n) is 8.77. The SMILES string of the molecule is Cc1cc(CN(C)CC(=O)Nc2ccc(CN3CCOCC3)cc2)cc(C)c1OCC(F)(F)F. The van der Waals surface area contributed by atoms with Crippen LogP contribution in [-0.2, 0) is 22.6 Å². The van der Waals surface area contributed by atoms with Crippen LogP contribution in [0, 0.1) is 13.8 Å². The van der Waals surface area contributed by atoms with Crippen molar-refractivity contribution in [2.24, 2.45) is 0 Å². The third-order valence-corrected chi connectivity index (χ3v) is 5.51. The number of carbonyl (C=O) groups is 1. The molecular formula is C25H32F3N3O3. The molecule has 3 rings (SSSR count). The van der Waals surface area contributed by atoms with Gasteiger partial charge in [-0.25, -0.2) is 0 Å². The lowest BCUT2D eigenvalue weighted by Crippen LogP contribution is -2.35. The maximum absolute atomic E-state index is 12.5. The molecule has 0 atom stereocenters. The zero-order chi connectivity index (χ0) is 24.7. The van der Waals surface area contributed by atoms with E-state index in [0.717, 1.165) is 44.1 Å². The second kappa shape index (κ2) is 11.7. The fourth-order valence-corrected chi connectivity index (χ4v) is 4.04. The molecule has 0 aromatic heterocycles. The number of carbonyl (C=O) groups excluding carboxylic acids is 1. The highest BCUT2D eigenvalue weighted by Gasteiger charge is 2.29. The number of hydrogen-bond acceptors (Lipinski definition) is 5. The molecular weight excluding hydrogens is 447 g/mol. The quantitative estimate of drug-likeness (QED) is 0.586. The molecule has 0 saturated carbocycles. The summed E-state index contributed by atoms with van der Waals surface area (Å²) in [5, 5.41) is 2.91. The van der Waals surface area contributed by atoms with Gasteiger partial charge in [0, 0.05) is 31.9 Å². The van der Waals surface area contributed by atoms with Crippen molar-refractivity contribution in [1.29, 1.82) is 0 Å². The number of likely N-dealkylation sites (N-methyl/N-ethyl adjacent to an activating group) is 1. The molecule has 1 aliphatic rings. The van der Waals surface area contributed by atoms with Gasteiger partial charge in [0.1, 0.15) is 5.75 Å². The summed E-state index contributed by atoms with van der Waals surface area (Å²) in [6.07, 6.45) is -4.38. The standard InChI is InChI=1S/C25H32F3N3O3/c1-18-12-21(13-19(2)24(18)34-17-25(26,27)28)14-30(3)16-23(32)29-22-6-4-20(5-7-22)15-31-8-10-33-11-9-31/h4-7,12-13H,8-11,14-17H2,1-3H3,(H,29,32).